The van der Waals surface area contributed by atoms with Gasteiger partial charge in [0, 0.05) is 24.9 Å². The molecule has 184 valence electrons. The van der Waals surface area contributed by atoms with Gasteiger partial charge in [0.2, 0.25) is 23.6 Å². The highest BCUT2D eigenvalue weighted by molar-refractivity contribution is 5.98. The number of hydrogen-bond donors (Lipinski definition) is 4. The average Bonchev–Trinajstić information content (AvgIpc) is 3.45. The largest absolute Gasteiger partial charge is 0.369 e. The number of halogens is 1. The molecule has 10 heteroatoms. The third-order valence-corrected chi connectivity index (χ3v) is 8.39. The minimum atomic E-state index is -1.59. The first-order chi connectivity index (χ1) is 14.9. The number of carbonyl (C=O) groups is 4. The van der Waals surface area contributed by atoms with Crippen LogP contribution in [0.4, 0.5) is 0 Å². The second kappa shape index (κ2) is 8.58. The number of likely N-dealkylation sites (tertiary alicyclic amines) is 1. The van der Waals surface area contributed by atoms with Gasteiger partial charge in [-0.15, -0.1) is 12.4 Å². The number of nitrogens with zero attached hydrogens (tertiary/aromatic N) is 1. The molecule has 2 aliphatic heterocycles. The summed E-state index contributed by atoms with van der Waals surface area (Å²) < 4.78 is 0. The number of allylic oxidation sites excluding steroid dienone is 2. The number of primary amides is 2. The lowest BCUT2D eigenvalue weighted by atomic mass is 9.64. The maximum absolute atomic E-state index is 13.7. The molecule has 2 aliphatic carbocycles. The van der Waals surface area contributed by atoms with Gasteiger partial charge in [-0.3, -0.25) is 19.2 Å². The minimum absolute atomic E-state index is 0. The van der Waals surface area contributed by atoms with E-state index in [0.29, 0.717) is 19.5 Å². The summed E-state index contributed by atoms with van der Waals surface area (Å²) in [5, 5.41) is 2.77. The van der Waals surface area contributed by atoms with Gasteiger partial charge in [0.25, 0.3) is 0 Å². The molecule has 4 amide bonds. The van der Waals surface area contributed by atoms with Gasteiger partial charge in [0.15, 0.2) is 0 Å². The summed E-state index contributed by atoms with van der Waals surface area (Å²) in [6, 6.07) is -0.881. The minimum Gasteiger partial charge on any atom is -0.369 e. The van der Waals surface area contributed by atoms with E-state index in [1.807, 2.05) is 20.8 Å². The molecule has 0 aromatic rings. The lowest BCUT2D eigenvalue weighted by Crippen LogP contribution is -2.69. The second-order valence-corrected chi connectivity index (χ2v) is 11.1. The van der Waals surface area contributed by atoms with Crippen molar-refractivity contribution in [2.24, 2.45) is 58.1 Å². The van der Waals surface area contributed by atoms with Gasteiger partial charge in [-0.25, -0.2) is 0 Å². The van der Waals surface area contributed by atoms with Crippen molar-refractivity contribution in [3.05, 3.63) is 12.2 Å². The van der Waals surface area contributed by atoms with Crippen LogP contribution < -0.4 is 22.5 Å². The fourth-order valence-corrected chi connectivity index (χ4v) is 6.74. The highest BCUT2D eigenvalue weighted by Crippen LogP contribution is 2.60. The Bertz CT molecular complexity index is 887. The molecule has 2 heterocycles. The first-order valence-corrected chi connectivity index (χ1v) is 11.5. The van der Waals surface area contributed by atoms with Crippen molar-refractivity contribution in [1.82, 2.24) is 10.2 Å². The molecule has 0 aromatic heterocycles. The molecule has 0 radical (unpaired) electrons. The van der Waals surface area contributed by atoms with E-state index in [4.69, 9.17) is 17.2 Å². The van der Waals surface area contributed by atoms with Crippen molar-refractivity contribution < 1.29 is 19.2 Å². The number of hydrogen-bond acceptors (Lipinski definition) is 5. The van der Waals surface area contributed by atoms with Crippen LogP contribution in [0.1, 0.15) is 40.0 Å². The zero-order valence-corrected chi connectivity index (χ0v) is 20.3. The van der Waals surface area contributed by atoms with Crippen LogP contribution in [0, 0.1) is 40.9 Å². The van der Waals surface area contributed by atoms with Crippen LogP contribution in [0.5, 0.6) is 0 Å². The number of fused-ring (bicyclic) bond motifs is 5. The summed E-state index contributed by atoms with van der Waals surface area (Å²) in [7, 11) is 0. The fraction of sp³-hybridized carbons (Fsp3) is 0.739. The molecular weight excluding hydrogens is 446 g/mol. The molecule has 3 fully saturated rings. The molecule has 8 atom stereocenters. The Kier molecular flexibility index (Phi) is 6.63. The van der Waals surface area contributed by atoms with Gasteiger partial charge < -0.3 is 27.4 Å². The summed E-state index contributed by atoms with van der Waals surface area (Å²) in [6.07, 6.45) is 5.71. The van der Waals surface area contributed by atoms with Crippen LogP contribution in [-0.2, 0) is 19.2 Å². The van der Waals surface area contributed by atoms with Crippen LogP contribution in [0.3, 0.4) is 0 Å². The van der Waals surface area contributed by atoms with Gasteiger partial charge >= 0.3 is 0 Å². The second-order valence-electron chi connectivity index (χ2n) is 11.1. The fourth-order valence-electron chi connectivity index (χ4n) is 6.74. The molecule has 4 aliphatic rings. The Hall–Kier alpha value is -2.13. The number of rotatable bonds is 6. The smallest absolute Gasteiger partial charge is 0.244 e. The van der Waals surface area contributed by atoms with Gasteiger partial charge in [-0.1, -0.05) is 32.9 Å². The maximum Gasteiger partial charge on any atom is 0.244 e. The van der Waals surface area contributed by atoms with E-state index in [2.05, 4.69) is 17.5 Å². The molecule has 0 aromatic carbocycles. The predicted octanol–water partition coefficient (Wildman–Crippen LogP) is -0.0861. The summed E-state index contributed by atoms with van der Waals surface area (Å²) in [4.78, 5) is 53.9. The molecular formula is C23H36ClN5O4. The first-order valence-electron chi connectivity index (χ1n) is 11.5. The van der Waals surface area contributed by atoms with Gasteiger partial charge in [0.1, 0.15) is 5.54 Å². The topological polar surface area (TPSA) is 162 Å². The lowest BCUT2D eigenvalue weighted by Gasteiger charge is -2.47. The van der Waals surface area contributed by atoms with Gasteiger partial charge in [-0.05, 0) is 42.4 Å². The summed E-state index contributed by atoms with van der Waals surface area (Å²) in [5.41, 5.74) is 16.2. The van der Waals surface area contributed by atoms with E-state index in [-0.39, 0.29) is 48.4 Å². The van der Waals surface area contributed by atoms with E-state index in [0.717, 1.165) is 6.42 Å². The Morgan fingerprint density at radius 2 is 1.85 bits per heavy atom. The summed E-state index contributed by atoms with van der Waals surface area (Å²) >= 11 is 0. The van der Waals surface area contributed by atoms with Gasteiger partial charge in [0.05, 0.1) is 12.0 Å². The molecule has 7 N–H and O–H groups in total. The third-order valence-electron chi connectivity index (χ3n) is 8.39. The molecule has 9 nitrogen and oxygen atoms in total. The molecule has 2 saturated heterocycles. The summed E-state index contributed by atoms with van der Waals surface area (Å²) in [6.45, 7) is 6.40. The van der Waals surface area contributed by atoms with E-state index in [9.17, 15) is 19.2 Å². The number of carbonyl (C=O) groups excluding carboxylic acids is 4. The molecule has 5 unspecified atom stereocenters. The van der Waals surface area contributed by atoms with Crippen LogP contribution in [0.2, 0.25) is 0 Å². The SMILES string of the molecule is CC(C)(C)[C@H](N)C(=O)N1CC2C3C=CC(C3)C2C1(C(N)=O)[C@H](C[C@H]1CCNC1=O)C(N)=O.Cl. The van der Waals surface area contributed by atoms with Crippen LogP contribution in [0.25, 0.3) is 0 Å². The van der Waals surface area contributed by atoms with Crippen LogP contribution in [-0.4, -0.2) is 53.2 Å². The first kappa shape index (κ1) is 25.5. The van der Waals surface area contributed by atoms with E-state index in [1.165, 1.54) is 4.90 Å². The van der Waals surface area contributed by atoms with Crippen molar-refractivity contribution in [2.45, 2.75) is 51.6 Å². The van der Waals surface area contributed by atoms with Crippen molar-refractivity contribution in [3.8, 4) is 0 Å². The van der Waals surface area contributed by atoms with Crippen LogP contribution >= 0.6 is 12.4 Å². The average molecular weight is 482 g/mol. The van der Waals surface area contributed by atoms with E-state index >= 15 is 0 Å². The Morgan fingerprint density at radius 3 is 2.36 bits per heavy atom. The molecule has 2 bridgehead atoms. The monoisotopic (exact) mass is 481 g/mol. The predicted molar refractivity (Wildman–Crippen MR) is 124 cm³/mol. The van der Waals surface area contributed by atoms with E-state index in [1.54, 1.807) is 0 Å². The Balaban J connectivity index is 0.00000306. The van der Waals surface area contributed by atoms with Crippen molar-refractivity contribution in [3.63, 3.8) is 0 Å². The lowest BCUT2D eigenvalue weighted by molar-refractivity contribution is -0.156. The zero-order valence-electron chi connectivity index (χ0n) is 19.5. The maximum atomic E-state index is 13.7. The molecule has 4 rings (SSSR count). The van der Waals surface area contributed by atoms with Gasteiger partial charge in [-0.2, -0.15) is 0 Å². The highest BCUT2D eigenvalue weighted by atomic mass is 35.5. The van der Waals surface area contributed by atoms with Crippen LogP contribution in [0.15, 0.2) is 12.2 Å². The number of amides is 4. The van der Waals surface area contributed by atoms with Crippen molar-refractivity contribution >= 4 is 36.0 Å². The highest BCUT2D eigenvalue weighted by Gasteiger charge is 2.70. The Morgan fingerprint density at radius 1 is 1.21 bits per heavy atom. The zero-order chi connectivity index (χ0) is 23.6. The molecule has 1 saturated carbocycles. The van der Waals surface area contributed by atoms with E-state index < -0.39 is 46.6 Å². The standard InChI is InChI=1S/C23H35N5O4.ClH/c1-22(2,3)17(24)20(31)28-10-14-11-4-5-12(8-11)16(14)23(28,21(26)32)15(18(25)29)9-13-6-7-27-19(13)30;/h4-5,11-17H,6-10,24H2,1-3H3,(H2,25,29)(H2,26,32)(H,27,30);1H/t11?,12?,13-,14?,15-,16?,17-,23?;/m1./s1. The van der Waals surface area contributed by atoms with Crippen molar-refractivity contribution in [1.29, 1.82) is 0 Å². The van der Waals surface area contributed by atoms with Crippen molar-refractivity contribution in [2.75, 3.05) is 13.1 Å². The number of nitrogens with one attached hydrogen (secondary N) is 1. The molecule has 33 heavy (non-hydrogen) atoms. The normalized spacial score (nSPS) is 36.2. The molecule has 0 spiro atoms. The Labute approximate surface area is 200 Å². The number of nitrogens with two attached hydrogens (primary N) is 3. The quantitative estimate of drug-likeness (QED) is 0.389. The summed E-state index contributed by atoms with van der Waals surface area (Å²) in [5.74, 6) is -3.58. The third kappa shape index (κ3) is 3.73.